The maximum absolute atomic E-state index is 12.3. The van der Waals surface area contributed by atoms with Gasteiger partial charge in [-0.25, -0.2) is 13.1 Å². The minimum Gasteiger partial charge on any atom is -0.377 e. The van der Waals surface area contributed by atoms with Crippen LogP contribution in [0.3, 0.4) is 0 Å². The largest absolute Gasteiger partial charge is 0.377 e. The lowest BCUT2D eigenvalue weighted by molar-refractivity contribution is 0.114. The molecule has 1 fully saturated rings. The van der Waals surface area contributed by atoms with Gasteiger partial charge in [-0.1, -0.05) is 6.07 Å². The Morgan fingerprint density at radius 1 is 1.15 bits per heavy atom. The molecule has 0 bridgehead atoms. The van der Waals surface area contributed by atoms with Crippen molar-refractivity contribution >= 4 is 10.0 Å². The Kier molecular flexibility index (Phi) is 4.10. The number of sulfonamides is 1. The summed E-state index contributed by atoms with van der Waals surface area (Å²) in [5.41, 5.74) is 2.49. The molecule has 20 heavy (non-hydrogen) atoms. The van der Waals surface area contributed by atoms with Crippen LogP contribution in [0, 0.1) is 0 Å². The molecule has 1 saturated heterocycles. The predicted molar refractivity (Wildman–Crippen MR) is 77.2 cm³/mol. The van der Waals surface area contributed by atoms with Crippen molar-refractivity contribution in [2.45, 2.75) is 49.5 Å². The first kappa shape index (κ1) is 14.0. The summed E-state index contributed by atoms with van der Waals surface area (Å²) in [7, 11) is -3.41. The van der Waals surface area contributed by atoms with E-state index in [2.05, 4.69) is 4.72 Å². The second-order valence-corrected chi connectivity index (χ2v) is 7.39. The van der Waals surface area contributed by atoms with Crippen molar-refractivity contribution in [2.75, 3.05) is 13.2 Å². The fourth-order valence-electron chi connectivity index (χ4n) is 2.97. The summed E-state index contributed by atoms with van der Waals surface area (Å²) < 4.78 is 32.7. The van der Waals surface area contributed by atoms with Gasteiger partial charge in [-0.2, -0.15) is 0 Å². The van der Waals surface area contributed by atoms with E-state index in [1.54, 1.807) is 6.07 Å². The third-order valence-corrected chi connectivity index (χ3v) is 5.58. The maximum atomic E-state index is 12.3. The van der Waals surface area contributed by atoms with E-state index >= 15 is 0 Å². The molecule has 0 aromatic heterocycles. The van der Waals surface area contributed by atoms with Gasteiger partial charge in [0.1, 0.15) is 0 Å². The zero-order valence-electron chi connectivity index (χ0n) is 11.6. The minimum atomic E-state index is -3.41. The molecule has 1 aliphatic heterocycles. The quantitative estimate of drug-likeness (QED) is 0.924. The molecule has 1 N–H and O–H groups in total. The lowest BCUT2D eigenvalue weighted by atomic mass is 9.92. The molecule has 4 nitrogen and oxygen atoms in total. The number of ether oxygens (including phenoxy) is 1. The average Bonchev–Trinajstić information content (AvgIpc) is 2.98. The first-order chi connectivity index (χ1) is 9.65. The molecule has 2 aliphatic rings. The normalized spacial score (nSPS) is 22.7. The van der Waals surface area contributed by atoms with Crippen LogP contribution in [0.15, 0.2) is 23.1 Å². The summed E-state index contributed by atoms with van der Waals surface area (Å²) in [6, 6.07) is 5.53. The van der Waals surface area contributed by atoms with Gasteiger partial charge in [0.25, 0.3) is 0 Å². The van der Waals surface area contributed by atoms with Crippen LogP contribution in [-0.2, 0) is 27.6 Å². The molecular formula is C15H21NO3S. The standard InChI is InChI=1S/C15H21NO3S/c17-20(18,16-11-14-6-3-9-19-14)15-8-7-12-4-1-2-5-13(12)10-15/h7-8,10,14,16H,1-6,9,11H2/t14-/m0/s1. The van der Waals surface area contributed by atoms with Gasteiger partial charge in [0.15, 0.2) is 0 Å². The summed E-state index contributed by atoms with van der Waals surface area (Å²) in [6.45, 7) is 1.12. The number of hydrogen-bond acceptors (Lipinski definition) is 3. The van der Waals surface area contributed by atoms with Gasteiger partial charge >= 0.3 is 0 Å². The molecule has 0 unspecified atom stereocenters. The molecule has 110 valence electrons. The first-order valence-electron chi connectivity index (χ1n) is 7.38. The lowest BCUT2D eigenvalue weighted by Crippen LogP contribution is -2.32. The highest BCUT2D eigenvalue weighted by Crippen LogP contribution is 2.24. The number of nitrogens with one attached hydrogen (secondary N) is 1. The van der Waals surface area contributed by atoms with E-state index < -0.39 is 10.0 Å². The van der Waals surface area contributed by atoms with Crippen molar-refractivity contribution in [2.24, 2.45) is 0 Å². The third-order valence-electron chi connectivity index (χ3n) is 4.16. The van der Waals surface area contributed by atoms with Gasteiger partial charge in [-0.3, -0.25) is 0 Å². The van der Waals surface area contributed by atoms with Crippen LogP contribution < -0.4 is 4.72 Å². The van der Waals surface area contributed by atoms with Crippen molar-refractivity contribution in [3.8, 4) is 0 Å². The smallest absolute Gasteiger partial charge is 0.240 e. The summed E-state index contributed by atoms with van der Waals surface area (Å²) in [5.74, 6) is 0. The summed E-state index contributed by atoms with van der Waals surface area (Å²) >= 11 is 0. The van der Waals surface area contributed by atoms with Crippen LogP contribution in [0.1, 0.15) is 36.8 Å². The molecule has 1 aliphatic carbocycles. The molecular weight excluding hydrogens is 274 g/mol. The highest BCUT2D eigenvalue weighted by Gasteiger charge is 2.21. The van der Waals surface area contributed by atoms with Crippen molar-refractivity contribution in [1.82, 2.24) is 4.72 Å². The number of fused-ring (bicyclic) bond motifs is 1. The average molecular weight is 295 g/mol. The van der Waals surface area contributed by atoms with Crippen molar-refractivity contribution < 1.29 is 13.2 Å². The highest BCUT2D eigenvalue weighted by atomic mass is 32.2. The van der Waals surface area contributed by atoms with Crippen molar-refractivity contribution in [3.05, 3.63) is 29.3 Å². The van der Waals surface area contributed by atoms with Crippen LogP contribution in [-0.4, -0.2) is 27.7 Å². The van der Waals surface area contributed by atoms with E-state index in [1.165, 1.54) is 17.5 Å². The Labute approximate surface area is 120 Å². The van der Waals surface area contributed by atoms with Crippen molar-refractivity contribution in [1.29, 1.82) is 0 Å². The van der Waals surface area contributed by atoms with Gasteiger partial charge < -0.3 is 4.74 Å². The molecule has 0 saturated carbocycles. The van der Waals surface area contributed by atoms with Gasteiger partial charge in [0, 0.05) is 13.2 Å². The molecule has 3 rings (SSSR count). The Hall–Kier alpha value is -0.910. The van der Waals surface area contributed by atoms with Crippen LogP contribution in [0.4, 0.5) is 0 Å². The monoisotopic (exact) mass is 295 g/mol. The summed E-state index contributed by atoms with van der Waals surface area (Å²) in [4.78, 5) is 0.385. The second-order valence-electron chi connectivity index (χ2n) is 5.62. The zero-order chi connectivity index (χ0) is 14.0. The van der Waals surface area contributed by atoms with E-state index in [-0.39, 0.29) is 6.10 Å². The molecule has 0 amide bonds. The van der Waals surface area contributed by atoms with Gasteiger partial charge in [-0.15, -0.1) is 0 Å². The molecule has 0 spiro atoms. The van der Waals surface area contributed by atoms with E-state index in [0.29, 0.717) is 11.4 Å². The van der Waals surface area contributed by atoms with E-state index in [1.807, 2.05) is 12.1 Å². The highest BCUT2D eigenvalue weighted by molar-refractivity contribution is 7.89. The zero-order valence-corrected chi connectivity index (χ0v) is 12.4. The summed E-state index contributed by atoms with van der Waals surface area (Å²) in [5, 5.41) is 0. The molecule has 1 aromatic rings. The SMILES string of the molecule is O=S(=O)(NC[C@@H]1CCCO1)c1ccc2c(c1)CCCC2. The topological polar surface area (TPSA) is 55.4 Å². The lowest BCUT2D eigenvalue weighted by Gasteiger charge is -2.17. The molecule has 0 radical (unpaired) electrons. The molecule has 1 heterocycles. The molecule has 1 atom stereocenters. The number of rotatable bonds is 4. The second kappa shape index (κ2) is 5.84. The Balaban J connectivity index is 1.73. The van der Waals surface area contributed by atoms with Gasteiger partial charge in [0.05, 0.1) is 11.0 Å². The van der Waals surface area contributed by atoms with Crippen LogP contribution in [0.2, 0.25) is 0 Å². The number of aryl methyl sites for hydroxylation is 2. The Bertz CT molecular complexity index is 577. The number of hydrogen-bond donors (Lipinski definition) is 1. The van der Waals surface area contributed by atoms with Crippen molar-refractivity contribution in [3.63, 3.8) is 0 Å². The summed E-state index contributed by atoms with van der Waals surface area (Å²) in [6.07, 6.45) is 6.40. The van der Waals surface area contributed by atoms with Crippen LogP contribution in [0.25, 0.3) is 0 Å². The maximum Gasteiger partial charge on any atom is 0.240 e. The van der Waals surface area contributed by atoms with E-state index in [0.717, 1.165) is 38.7 Å². The van der Waals surface area contributed by atoms with Crippen LogP contribution >= 0.6 is 0 Å². The minimum absolute atomic E-state index is 0.0300. The van der Waals surface area contributed by atoms with Crippen LogP contribution in [0.5, 0.6) is 0 Å². The van der Waals surface area contributed by atoms with E-state index in [4.69, 9.17) is 4.74 Å². The predicted octanol–water partition coefficient (Wildman–Crippen LogP) is 2.02. The number of benzene rings is 1. The van der Waals surface area contributed by atoms with E-state index in [9.17, 15) is 8.42 Å². The fraction of sp³-hybridized carbons (Fsp3) is 0.600. The molecule has 5 heteroatoms. The van der Waals surface area contributed by atoms with Gasteiger partial charge in [0.2, 0.25) is 10.0 Å². The third kappa shape index (κ3) is 3.05. The Morgan fingerprint density at radius 3 is 2.70 bits per heavy atom. The first-order valence-corrected chi connectivity index (χ1v) is 8.86. The Morgan fingerprint density at radius 2 is 1.95 bits per heavy atom. The fourth-order valence-corrected chi connectivity index (χ4v) is 4.08. The van der Waals surface area contributed by atoms with Gasteiger partial charge in [-0.05, 0) is 61.8 Å². The molecule has 1 aromatic carbocycles.